The first-order valence-electron chi connectivity index (χ1n) is 10.00. The zero-order chi connectivity index (χ0) is 24.5. The van der Waals surface area contributed by atoms with E-state index in [1.807, 2.05) is 6.92 Å². The molecule has 0 fully saturated rings. The van der Waals surface area contributed by atoms with Gasteiger partial charge in [0.05, 0.1) is 27.4 Å². The van der Waals surface area contributed by atoms with E-state index in [0.717, 1.165) is 4.42 Å². The minimum absolute atomic E-state index is 0.178. The number of halogens is 2. The molecule has 2 rings (SSSR count). The quantitative estimate of drug-likeness (QED) is 0.234. The molecule has 0 spiro atoms. The molecule has 33 heavy (non-hydrogen) atoms. The molecule has 0 radical (unpaired) electrons. The maximum Gasteiger partial charge on any atom is 0.276 e. The third-order valence-corrected chi connectivity index (χ3v) is 5.02. The summed E-state index contributed by atoms with van der Waals surface area (Å²) in [6.07, 6.45) is 0. The average molecular weight is 498 g/mol. The number of nitrogens with zero attached hydrogens (tertiary/aromatic N) is 3. The van der Waals surface area contributed by atoms with Gasteiger partial charge < -0.3 is 18.9 Å². The van der Waals surface area contributed by atoms with Crippen LogP contribution >= 0.6 is 23.4 Å². The molecule has 2 aromatic carbocycles. The smallest absolute Gasteiger partial charge is 0.276 e. The zero-order valence-corrected chi connectivity index (χ0v) is 20.4. The average Bonchev–Trinajstić information content (AvgIpc) is 2.79. The van der Waals surface area contributed by atoms with Gasteiger partial charge in [-0.1, -0.05) is 11.6 Å². The number of ether oxygens (including phenoxy) is 4. The highest BCUT2D eigenvalue weighted by atomic mass is 35.5. The number of carbonyl (C=O) groups is 2. The lowest BCUT2D eigenvalue weighted by atomic mass is 10.2. The largest absolute Gasteiger partial charge is 0.495 e. The summed E-state index contributed by atoms with van der Waals surface area (Å²) in [7, 11) is 2.85. The van der Waals surface area contributed by atoms with Crippen molar-refractivity contribution in [3.8, 4) is 23.0 Å². The minimum atomic E-state index is -1.51. The van der Waals surface area contributed by atoms with Crippen molar-refractivity contribution in [1.29, 1.82) is 0 Å². The van der Waals surface area contributed by atoms with Crippen molar-refractivity contribution in [2.75, 3.05) is 31.9 Å². The van der Waals surface area contributed by atoms with Crippen molar-refractivity contribution in [2.24, 2.45) is 10.2 Å². The Kier molecular flexibility index (Phi) is 9.74. The fraction of sp³-hybridized carbons (Fsp3) is 0.364. The molecule has 178 valence electrons. The maximum atomic E-state index is 13.1. The predicted molar refractivity (Wildman–Crippen MR) is 126 cm³/mol. The number of ketones is 1. The van der Waals surface area contributed by atoms with Crippen molar-refractivity contribution in [1.82, 2.24) is 0 Å². The number of anilines is 1. The molecular weight excluding hydrogens is 473 g/mol. The van der Waals surface area contributed by atoms with E-state index in [4.69, 9.17) is 42.3 Å². The summed E-state index contributed by atoms with van der Waals surface area (Å²) in [4.78, 5) is 25.3. The van der Waals surface area contributed by atoms with E-state index in [9.17, 15) is 9.59 Å². The third-order valence-electron chi connectivity index (χ3n) is 4.31. The predicted octanol–water partition coefficient (Wildman–Crippen LogP) is 5.38. The van der Waals surface area contributed by atoms with Gasteiger partial charge in [0.15, 0.2) is 11.5 Å². The minimum Gasteiger partial charge on any atom is -0.495 e. The number of amides is 1. The van der Waals surface area contributed by atoms with E-state index < -0.39 is 17.7 Å². The molecule has 0 saturated carbocycles. The highest BCUT2D eigenvalue weighted by Crippen LogP contribution is 2.41. The van der Waals surface area contributed by atoms with Crippen LogP contribution in [-0.2, 0) is 9.59 Å². The van der Waals surface area contributed by atoms with Crippen LogP contribution < -0.4 is 23.4 Å². The molecule has 9 nitrogen and oxygen atoms in total. The number of hydrogen-bond acceptors (Lipinski definition) is 8. The van der Waals surface area contributed by atoms with Crippen LogP contribution in [-0.4, -0.2) is 45.2 Å². The molecule has 0 aromatic heterocycles. The molecule has 0 N–H and O–H groups in total. The van der Waals surface area contributed by atoms with Crippen molar-refractivity contribution in [3.63, 3.8) is 0 Å². The second-order valence-electron chi connectivity index (χ2n) is 6.48. The normalized spacial score (nSPS) is 11.7. The Morgan fingerprint density at radius 3 is 2.30 bits per heavy atom. The van der Waals surface area contributed by atoms with Gasteiger partial charge in [0.1, 0.15) is 33.6 Å². The summed E-state index contributed by atoms with van der Waals surface area (Å²) in [6.45, 7) is 5.64. The van der Waals surface area contributed by atoms with E-state index in [-0.39, 0.29) is 22.1 Å². The van der Waals surface area contributed by atoms with Gasteiger partial charge in [0, 0.05) is 17.8 Å². The first-order chi connectivity index (χ1) is 15.8. The van der Waals surface area contributed by atoms with E-state index in [0.29, 0.717) is 30.5 Å². The van der Waals surface area contributed by atoms with E-state index in [2.05, 4.69) is 10.2 Å². The summed E-state index contributed by atoms with van der Waals surface area (Å²) in [5.41, 5.74) is 0.443. The Labute approximate surface area is 202 Å². The Hall–Kier alpha value is -3.04. The van der Waals surface area contributed by atoms with Crippen LogP contribution in [0.25, 0.3) is 0 Å². The fourth-order valence-electron chi connectivity index (χ4n) is 2.79. The highest BCUT2D eigenvalue weighted by molar-refractivity contribution is 6.39. The SMILES string of the molecule is CCOc1ccc(N(Cl)C(=O)C(N=Nc2ccc(OC)c(Cl)c2OC)C(C)=O)c(OCC)c1. The summed E-state index contributed by atoms with van der Waals surface area (Å²) in [5.74, 6) is 0.0524. The molecule has 1 unspecified atom stereocenters. The van der Waals surface area contributed by atoms with Crippen molar-refractivity contribution in [3.05, 3.63) is 35.4 Å². The zero-order valence-electron chi connectivity index (χ0n) is 18.9. The van der Waals surface area contributed by atoms with Crippen molar-refractivity contribution >= 4 is 46.4 Å². The molecule has 0 bridgehead atoms. The molecule has 0 aliphatic carbocycles. The lowest BCUT2D eigenvalue weighted by molar-refractivity contribution is -0.126. The number of Topliss-reactive ketones (excluding diaryl/α,β-unsaturated/α-hetero) is 1. The molecule has 1 amide bonds. The first-order valence-corrected chi connectivity index (χ1v) is 10.7. The topological polar surface area (TPSA) is 99.0 Å². The Balaban J connectivity index is 2.38. The van der Waals surface area contributed by atoms with Gasteiger partial charge in [-0.25, -0.2) is 4.42 Å². The second-order valence-corrected chi connectivity index (χ2v) is 7.19. The third kappa shape index (κ3) is 6.27. The molecule has 0 heterocycles. The van der Waals surface area contributed by atoms with Crippen LogP contribution in [0.5, 0.6) is 23.0 Å². The van der Waals surface area contributed by atoms with Gasteiger partial charge in [0.25, 0.3) is 5.91 Å². The second kappa shape index (κ2) is 12.3. The number of benzene rings is 2. The van der Waals surface area contributed by atoms with Crippen LogP contribution in [0.15, 0.2) is 40.6 Å². The van der Waals surface area contributed by atoms with Gasteiger partial charge in [-0.05, 0) is 45.0 Å². The molecule has 1 atom stereocenters. The van der Waals surface area contributed by atoms with E-state index in [1.54, 1.807) is 31.2 Å². The van der Waals surface area contributed by atoms with Crippen LogP contribution in [0.2, 0.25) is 5.02 Å². The van der Waals surface area contributed by atoms with Gasteiger partial charge in [-0.15, -0.1) is 0 Å². The fourth-order valence-corrected chi connectivity index (χ4v) is 3.34. The highest BCUT2D eigenvalue weighted by Gasteiger charge is 2.30. The van der Waals surface area contributed by atoms with Crippen LogP contribution in [0.3, 0.4) is 0 Å². The standard InChI is InChI=1S/C22H25Cl2N3O6/c1-6-32-14-8-10-16(18(12-14)33-7-2)27(24)22(29)20(13(3)28)26-25-15-9-11-17(30-4)19(23)21(15)31-5/h8-12,20H,6-7H2,1-5H3. The first kappa shape index (κ1) is 26.2. The van der Waals surface area contributed by atoms with Crippen LogP contribution in [0.4, 0.5) is 11.4 Å². The molecule has 0 aliphatic heterocycles. The van der Waals surface area contributed by atoms with Gasteiger partial charge in [-0.2, -0.15) is 10.2 Å². The number of rotatable bonds is 11. The summed E-state index contributed by atoms with van der Waals surface area (Å²) in [5, 5.41) is 8.11. The number of methoxy groups -OCH3 is 2. The van der Waals surface area contributed by atoms with Gasteiger partial charge >= 0.3 is 0 Å². The lowest BCUT2D eigenvalue weighted by Crippen LogP contribution is -2.36. The molecule has 11 heteroatoms. The van der Waals surface area contributed by atoms with Gasteiger partial charge in [-0.3, -0.25) is 9.59 Å². The summed E-state index contributed by atoms with van der Waals surface area (Å²) < 4.78 is 22.2. The summed E-state index contributed by atoms with van der Waals surface area (Å²) in [6, 6.07) is 6.40. The van der Waals surface area contributed by atoms with Crippen molar-refractivity contribution in [2.45, 2.75) is 26.8 Å². The Bertz CT molecular complexity index is 1030. The monoisotopic (exact) mass is 497 g/mol. The molecule has 2 aromatic rings. The Morgan fingerprint density at radius 2 is 1.73 bits per heavy atom. The number of carbonyl (C=O) groups excluding carboxylic acids is 2. The van der Waals surface area contributed by atoms with E-state index in [1.165, 1.54) is 27.2 Å². The molecule has 0 aliphatic rings. The molecular formula is C22H25Cl2N3O6. The van der Waals surface area contributed by atoms with Gasteiger partial charge in [0.2, 0.25) is 6.04 Å². The van der Waals surface area contributed by atoms with Crippen LogP contribution in [0.1, 0.15) is 20.8 Å². The van der Waals surface area contributed by atoms with Crippen LogP contribution in [0, 0.1) is 0 Å². The van der Waals surface area contributed by atoms with E-state index >= 15 is 0 Å². The lowest BCUT2D eigenvalue weighted by Gasteiger charge is -2.20. The number of hydrogen-bond donors (Lipinski definition) is 0. The Morgan fingerprint density at radius 1 is 1.03 bits per heavy atom. The number of azo groups is 1. The summed E-state index contributed by atoms with van der Waals surface area (Å²) >= 11 is 12.5. The maximum absolute atomic E-state index is 13.1. The van der Waals surface area contributed by atoms with Crippen molar-refractivity contribution < 1.29 is 28.5 Å². The molecule has 0 saturated heterocycles.